The monoisotopic (exact) mass is 395 g/mol. The number of imide groups is 1. The standard InChI is InChI=1S/C22H25N3O4/c26-15-19(17-9-5-2-6-10-17)23-20(27)12-11-18-21(28)25(22(29)24-18)14-13-16-7-3-1-4-8-16/h1-10,18-19,26H,11-15H2,(H,23,27)(H,24,29)/t18-,19+/m1/s1. The summed E-state index contributed by atoms with van der Waals surface area (Å²) in [6.45, 7) is 0.0834. The molecule has 7 heteroatoms. The molecule has 0 unspecified atom stereocenters. The quantitative estimate of drug-likeness (QED) is 0.564. The number of urea groups is 1. The van der Waals surface area contributed by atoms with E-state index in [9.17, 15) is 19.5 Å². The van der Waals surface area contributed by atoms with Crippen LogP contribution in [0.3, 0.4) is 0 Å². The molecule has 2 aromatic carbocycles. The number of aliphatic hydroxyl groups is 1. The fourth-order valence-electron chi connectivity index (χ4n) is 3.33. The minimum atomic E-state index is -0.701. The van der Waals surface area contributed by atoms with Crippen molar-refractivity contribution in [3.63, 3.8) is 0 Å². The molecule has 152 valence electrons. The van der Waals surface area contributed by atoms with Gasteiger partial charge in [-0.3, -0.25) is 14.5 Å². The summed E-state index contributed by atoms with van der Waals surface area (Å²) in [7, 11) is 0. The number of carbonyl (C=O) groups is 3. The molecule has 7 nitrogen and oxygen atoms in total. The SMILES string of the molecule is O=C(CC[C@H]1NC(=O)N(CCc2ccccc2)C1=O)N[C@@H](CO)c1ccccc1. The molecule has 0 radical (unpaired) electrons. The zero-order valence-electron chi connectivity index (χ0n) is 16.1. The summed E-state index contributed by atoms with van der Waals surface area (Å²) in [5, 5.41) is 15.0. The lowest BCUT2D eigenvalue weighted by Gasteiger charge is -2.17. The molecular formula is C22H25N3O4. The summed E-state index contributed by atoms with van der Waals surface area (Å²) in [5.41, 5.74) is 1.85. The van der Waals surface area contributed by atoms with Gasteiger partial charge in [-0.1, -0.05) is 60.7 Å². The summed E-state index contributed by atoms with van der Waals surface area (Å²) >= 11 is 0. The van der Waals surface area contributed by atoms with E-state index in [0.29, 0.717) is 13.0 Å². The zero-order chi connectivity index (χ0) is 20.6. The Hall–Kier alpha value is -3.19. The van der Waals surface area contributed by atoms with Gasteiger partial charge in [0.1, 0.15) is 6.04 Å². The highest BCUT2D eigenvalue weighted by atomic mass is 16.3. The molecule has 4 amide bonds. The molecule has 0 bridgehead atoms. The lowest BCUT2D eigenvalue weighted by Crippen LogP contribution is -2.35. The Balaban J connectivity index is 1.48. The average Bonchev–Trinajstić information content (AvgIpc) is 3.03. The fraction of sp³-hybridized carbons (Fsp3) is 0.318. The fourth-order valence-corrected chi connectivity index (χ4v) is 3.33. The van der Waals surface area contributed by atoms with Crippen molar-refractivity contribution in [2.24, 2.45) is 0 Å². The number of nitrogens with zero attached hydrogens (tertiary/aromatic N) is 1. The van der Waals surface area contributed by atoms with Crippen molar-refractivity contribution in [2.75, 3.05) is 13.2 Å². The third kappa shape index (κ3) is 5.42. The van der Waals surface area contributed by atoms with Crippen LogP contribution in [-0.4, -0.2) is 47.0 Å². The number of rotatable bonds is 9. The molecule has 1 aliphatic heterocycles. The van der Waals surface area contributed by atoms with Crippen molar-refractivity contribution in [1.29, 1.82) is 0 Å². The second-order valence-electron chi connectivity index (χ2n) is 6.98. The van der Waals surface area contributed by atoms with Crippen LogP contribution in [0.25, 0.3) is 0 Å². The predicted molar refractivity (Wildman–Crippen MR) is 108 cm³/mol. The third-order valence-electron chi connectivity index (χ3n) is 4.95. The second-order valence-corrected chi connectivity index (χ2v) is 6.98. The van der Waals surface area contributed by atoms with E-state index < -0.39 is 18.1 Å². The van der Waals surface area contributed by atoms with Crippen LogP contribution >= 0.6 is 0 Å². The van der Waals surface area contributed by atoms with Crippen molar-refractivity contribution in [3.05, 3.63) is 71.8 Å². The molecule has 0 saturated carbocycles. The molecule has 0 aromatic heterocycles. The number of benzene rings is 2. The lowest BCUT2D eigenvalue weighted by atomic mass is 10.1. The largest absolute Gasteiger partial charge is 0.394 e. The molecule has 2 atom stereocenters. The van der Waals surface area contributed by atoms with Crippen molar-refractivity contribution in [3.8, 4) is 0 Å². The van der Waals surface area contributed by atoms with Crippen molar-refractivity contribution < 1.29 is 19.5 Å². The number of aliphatic hydroxyl groups excluding tert-OH is 1. The molecule has 29 heavy (non-hydrogen) atoms. The van der Waals surface area contributed by atoms with Gasteiger partial charge >= 0.3 is 6.03 Å². The van der Waals surface area contributed by atoms with Gasteiger partial charge in [-0.05, 0) is 24.0 Å². The van der Waals surface area contributed by atoms with E-state index in [0.717, 1.165) is 11.1 Å². The topological polar surface area (TPSA) is 98.7 Å². The minimum Gasteiger partial charge on any atom is -0.394 e. The second kappa shape index (κ2) is 9.84. The molecule has 1 heterocycles. The Labute approximate surface area is 169 Å². The van der Waals surface area contributed by atoms with E-state index in [1.54, 1.807) is 0 Å². The van der Waals surface area contributed by atoms with Gasteiger partial charge < -0.3 is 15.7 Å². The average molecular weight is 395 g/mol. The maximum absolute atomic E-state index is 12.5. The summed E-state index contributed by atoms with van der Waals surface area (Å²) in [5.74, 6) is -0.585. The number of carbonyl (C=O) groups excluding carboxylic acids is 3. The molecule has 1 aliphatic rings. The first-order valence-corrected chi connectivity index (χ1v) is 9.69. The minimum absolute atomic E-state index is 0.0759. The van der Waals surface area contributed by atoms with Crippen LogP contribution in [0, 0.1) is 0 Å². The molecule has 2 aromatic rings. The zero-order valence-corrected chi connectivity index (χ0v) is 16.1. The highest BCUT2D eigenvalue weighted by Gasteiger charge is 2.37. The summed E-state index contributed by atoms with van der Waals surface area (Å²) < 4.78 is 0. The van der Waals surface area contributed by atoms with Crippen LogP contribution in [0.15, 0.2) is 60.7 Å². The number of hydrogen-bond acceptors (Lipinski definition) is 4. The van der Waals surface area contributed by atoms with Crippen LogP contribution in [0.2, 0.25) is 0 Å². The van der Waals surface area contributed by atoms with E-state index in [1.807, 2.05) is 60.7 Å². The van der Waals surface area contributed by atoms with Gasteiger partial charge in [0.25, 0.3) is 5.91 Å². The van der Waals surface area contributed by atoms with E-state index in [-0.39, 0.29) is 31.3 Å². The van der Waals surface area contributed by atoms with Crippen LogP contribution in [0.4, 0.5) is 4.79 Å². The number of amides is 4. The number of hydrogen-bond donors (Lipinski definition) is 3. The summed E-state index contributed by atoms with van der Waals surface area (Å²) in [6.07, 6.45) is 0.875. The third-order valence-corrected chi connectivity index (χ3v) is 4.95. The first-order valence-electron chi connectivity index (χ1n) is 9.69. The molecule has 1 fully saturated rings. The van der Waals surface area contributed by atoms with Gasteiger partial charge in [0.05, 0.1) is 12.6 Å². The van der Waals surface area contributed by atoms with Crippen molar-refractivity contribution in [1.82, 2.24) is 15.5 Å². The normalized spacial score (nSPS) is 17.1. The van der Waals surface area contributed by atoms with E-state index >= 15 is 0 Å². The van der Waals surface area contributed by atoms with E-state index in [1.165, 1.54) is 4.90 Å². The van der Waals surface area contributed by atoms with Crippen molar-refractivity contribution in [2.45, 2.75) is 31.3 Å². The molecule has 3 rings (SSSR count). The summed E-state index contributed by atoms with van der Waals surface area (Å²) in [6, 6.07) is 17.2. The first-order chi connectivity index (χ1) is 14.1. The number of nitrogens with one attached hydrogen (secondary N) is 2. The Kier molecular flexibility index (Phi) is 6.97. The Bertz CT molecular complexity index is 842. The molecular weight excluding hydrogens is 370 g/mol. The first kappa shape index (κ1) is 20.5. The van der Waals surface area contributed by atoms with Gasteiger partial charge in [0.15, 0.2) is 0 Å². The predicted octanol–water partition coefficient (Wildman–Crippen LogP) is 1.78. The van der Waals surface area contributed by atoms with Gasteiger partial charge in [-0.2, -0.15) is 0 Å². The Morgan fingerprint density at radius 2 is 1.72 bits per heavy atom. The van der Waals surface area contributed by atoms with E-state index in [4.69, 9.17) is 0 Å². The summed E-state index contributed by atoms with van der Waals surface area (Å²) in [4.78, 5) is 38.1. The highest BCUT2D eigenvalue weighted by Crippen LogP contribution is 2.15. The van der Waals surface area contributed by atoms with Crippen molar-refractivity contribution >= 4 is 17.8 Å². The maximum atomic E-state index is 12.5. The molecule has 0 spiro atoms. The van der Waals surface area contributed by atoms with E-state index in [2.05, 4.69) is 10.6 Å². The molecule has 0 aliphatic carbocycles. The van der Waals surface area contributed by atoms with Gasteiger partial charge in [0, 0.05) is 13.0 Å². The van der Waals surface area contributed by atoms with Gasteiger partial charge in [-0.25, -0.2) is 4.79 Å². The smallest absolute Gasteiger partial charge is 0.324 e. The van der Waals surface area contributed by atoms with Crippen LogP contribution in [0.1, 0.15) is 30.0 Å². The highest BCUT2D eigenvalue weighted by molar-refractivity contribution is 6.04. The van der Waals surface area contributed by atoms with Crippen LogP contribution in [0.5, 0.6) is 0 Å². The van der Waals surface area contributed by atoms with Gasteiger partial charge in [0.2, 0.25) is 5.91 Å². The maximum Gasteiger partial charge on any atom is 0.324 e. The Morgan fingerprint density at radius 1 is 1.07 bits per heavy atom. The van der Waals surface area contributed by atoms with Crippen LogP contribution in [-0.2, 0) is 16.0 Å². The molecule has 1 saturated heterocycles. The lowest BCUT2D eigenvalue weighted by molar-refractivity contribution is -0.127. The molecule has 3 N–H and O–H groups in total. The Morgan fingerprint density at radius 3 is 2.38 bits per heavy atom. The van der Waals surface area contributed by atoms with Crippen LogP contribution < -0.4 is 10.6 Å². The van der Waals surface area contributed by atoms with Gasteiger partial charge in [-0.15, -0.1) is 0 Å².